The molecule has 11 heteroatoms. The van der Waals surface area contributed by atoms with Crippen molar-refractivity contribution in [2.24, 2.45) is 12.5 Å². The summed E-state index contributed by atoms with van der Waals surface area (Å²) < 4.78 is 32.5. The lowest BCUT2D eigenvalue weighted by Crippen LogP contribution is -2.52. The molecule has 1 unspecified atom stereocenters. The van der Waals surface area contributed by atoms with Gasteiger partial charge in [0.15, 0.2) is 5.82 Å². The molecule has 4 aromatic rings. The first-order valence-corrected chi connectivity index (χ1v) is 12.8. The molecule has 0 aliphatic heterocycles. The van der Waals surface area contributed by atoms with Gasteiger partial charge in [0.1, 0.15) is 6.04 Å². The second-order valence-electron chi connectivity index (χ2n) is 9.34. The lowest BCUT2D eigenvalue weighted by Gasteiger charge is -2.37. The van der Waals surface area contributed by atoms with Crippen LogP contribution in [0.25, 0.3) is 16.7 Å². The van der Waals surface area contributed by atoms with Gasteiger partial charge in [0.2, 0.25) is 0 Å². The predicted molar refractivity (Wildman–Crippen MR) is 137 cm³/mol. The Morgan fingerprint density at radius 2 is 1.74 bits per heavy atom. The van der Waals surface area contributed by atoms with E-state index in [1.807, 2.05) is 34.6 Å². The van der Waals surface area contributed by atoms with Gasteiger partial charge in [0, 0.05) is 34.9 Å². The van der Waals surface area contributed by atoms with E-state index in [1.165, 1.54) is 18.2 Å². The maximum atomic E-state index is 13.9. The van der Waals surface area contributed by atoms with Crippen LogP contribution in [0.3, 0.4) is 0 Å². The number of nitrogens with zero attached hydrogens (tertiary/aromatic N) is 4. The summed E-state index contributed by atoms with van der Waals surface area (Å²) in [4.78, 5) is 16.6. The minimum absolute atomic E-state index is 0.126. The molecule has 8 nitrogen and oxygen atoms in total. The number of hydrogen-bond acceptors (Lipinski definition) is 4. The molecule has 0 amide bonds. The van der Waals surface area contributed by atoms with Crippen molar-refractivity contribution in [2.45, 2.75) is 31.7 Å². The quantitative estimate of drug-likeness (QED) is 0.358. The maximum absolute atomic E-state index is 13.9. The Labute approximate surface area is 213 Å². The Morgan fingerprint density at radius 1 is 1.09 bits per heavy atom. The van der Waals surface area contributed by atoms with E-state index < -0.39 is 27.4 Å². The first-order valence-electron chi connectivity index (χ1n) is 10.6. The Balaban J connectivity index is 1.94. The first kappa shape index (κ1) is 25.1. The van der Waals surface area contributed by atoms with Crippen molar-refractivity contribution in [3.8, 4) is 5.82 Å². The highest BCUT2D eigenvalue weighted by Crippen LogP contribution is 2.37. The number of carboxylic acid groups (broad SMARTS) is 1. The Morgan fingerprint density at radius 3 is 2.29 bits per heavy atom. The summed E-state index contributed by atoms with van der Waals surface area (Å²) in [5, 5.41) is 11.1. The van der Waals surface area contributed by atoms with Crippen molar-refractivity contribution in [1.82, 2.24) is 14.1 Å². The molecule has 0 aliphatic rings. The van der Waals surface area contributed by atoms with Crippen molar-refractivity contribution < 1.29 is 18.3 Å². The third-order valence-corrected chi connectivity index (χ3v) is 7.76. The van der Waals surface area contributed by atoms with Crippen LogP contribution in [0.2, 0.25) is 10.0 Å². The van der Waals surface area contributed by atoms with E-state index in [-0.39, 0.29) is 20.6 Å². The second kappa shape index (κ2) is 8.89. The third-order valence-electron chi connectivity index (χ3n) is 5.55. The molecule has 0 radical (unpaired) electrons. The standard InChI is InChI=1S/C24H24Cl2N4O4S/c1-24(2,3)22(23(31)32)30(35(33,34)19-11-16(25)10-17(26)12-19)18-5-6-20-15(9-18)7-8-29(20)21-13-28(4)14-27-21/h5-14,22H,1-4H3,(H,31,32). The molecule has 0 spiro atoms. The van der Waals surface area contributed by atoms with Gasteiger partial charge in [-0.1, -0.05) is 44.0 Å². The third kappa shape index (κ3) is 4.76. The SMILES string of the molecule is Cn1cnc(-n2ccc3cc(N(C(C(=O)O)C(C)(C)C)S(=O)(=O)c4cc(Cl)cc(Cl)c4)ccc32)c1. The molecule has 184 valence electrons. The zero-order chi connectivity index (χ0) is 25.7. The summed E-state index contributed by atoms with van der Waals surface area (Å²) in [5.41, 5.74) is 0.0452. The number of halogens is 2. The van der Waals surface area contributed by atoms with Gasteiger partial charge in [0.05, 0.1) is 22.4 Å². The van der Waals surface area contributed by atoms with Crippen LogP contribution in [0.4, 0.5) is 5.69 Å². The Hall–Kier alpha value is -3.01. The van der Waals surface area contributed by atoms with Gasteiger partial charge in [-0.15, -0.1) is 0 Å². The molecule has 1 N–H and O–H groups in total. The fourth-order valence-electron chi connectivity index (χ4n) is 4.03. The predicted octanol–water partition coefficient (Wildman–Crippen LogP) is 5.37. The monoisotopic (exact) mass is 534 g/mol. The van der Waals surface area contributed by atoms with Crippen molar-refractivity contribution in [3.63, 3.8) is 0 Å². The molecule has 0 saturated carbocycles. The molecule has 35 heavy (non-hydrogen) atoms. The number of imidazole rings is 1. The highest BCUT2D eigenvalue weighted by molar-refractivity contribution is 7.93. The summed E-state index contributed by atoms with van der Waals surface area (Å²) in [5.74, 6) is -0.577. The number of anilines is 1. The molecular weight excluding hydrogens is 511 g/mol. The number of sulfonamides is 1. The summed E-state index contributed by atoms with van der Waals surface area (Å²) in [7, 11) is -2.51. The van der Waals surface area contributed by atoms with Gasteiger partial charge >= 0.3 is 5.97 Å². The van der Waals surface area contributed by atoms with Crippen LogP contribution < -0.4 is 4.31 Å². The van der Waals surface area contributed by atoms with Crippen LogP contribution in [0.1, 0.15) is 20.8 Å². The number of carbonyl (C=O) groups is 1. The van der Waals surface area contributed by atoms with Gasteiger partial charge in [-0.3, -0.25) is 8.87 Å². The molecule has 4 rings (SSSR count). The Kier molecular flexibility index (Phi) is 6.37. The molecule has 1 atom stereocenters. The first-order chi connectivity index (χ1) is 16.3. The highest BCUT2D eigenvalue weighted by atomic mass is 35.5. The largest absolute Gasteiger partial charge is 0.480 e. The van der Waals surface area contributed by atoms with Gasteiger partial charge < -0.3 is 9.67 Å². The molecular formula is C24H24Cl2N4O4S. The molecule has 2 heterocycles. The molecule has 2 aromatic carbocycles. The van der Waals surface area contributed by atoms with Crippen LogP contribution in [-0.2, 0) is 21.9 Å². The van der Waals surface area contributed by atoms with E-state index in [2.05, 4.69) is 4.98 Å². The smallest absolute Gasteiger partial charge is 0.328 e. The van der Waals surface area contributed by atoms with Crippen molar-refractivity contribution in [1.29, 1.82) is 0 Å². The average Bonchev–Trinajstić information content (AvgIpc) is 3.35. The normalized spacial score (nSPS) is 13.2. The van der Waals surface area contributed by atoms with Crippen LogP contribution in [-0.4, -0.2) is 39.7 Å². The molecule has 0 fully saturated rings. The number of aliphatic carboxylic acids is 1. The second-order valence-corrected chi connectivity index (χ2v) is 12.0. The molecule has 0 saturated heterocycles. The number of aryl methyl sites for hydroxylation is 1. The molecule has 0 bridgehead atoms. The van der Waals surface area contributed by atoms with E-state index in [1.54, 1.807) is 45.3 Å². The zero-order valence-electron chi connectivity index (χ0n) is 19.5. The van der Waals surface area contributed by atoms with E-state index in [0.717, 1.165) is 15.2 Å². The van der Waals surface area contributed by atoms with Gasteiger partial charge in [-0.05, 0) is 47.9 Å². The average molecular weight is 535 g/mol. The minimum atomic E-state index is -4.38. The van der Waals surface area contributed by atoms with E-state index >= 15 is 0 Å². The van der Waals surface area contributed by atoms with E-state index in [0.29, 0.717) is 5.82 Å². The van der Waals surface area contributed by atoms with Gasteiger partial charge in [-0.2, -0.15) is 0 Å². The molecule has 0 aliphatic carbocycles. The van der Waals surface area contributed by atoms with Crippen molar-refractivity contribution in [2.75, 3.05) is 4.31 Å². The fraction of sp³-hybridized carbons (Fsp3) is 0.250. The number of hydrogen-bond donors (Lipinski definition) is 1. The lowest BCUT2D eigenvalue weighted by atomic mass is 9.86. The van der Waals surface area contributed by atoms with Gasteiger partial charge in [0.25, 0.3) is 10.0 Å². The summed E-state index contributed by atoms with van der Waals surface area (Å²) in [6.07, 6.45) is 5.36. The van der Waals surface area contributed by atoms with Crippen molar-refractivity contribution in [3.05, 3.63) is 71.2 Å². The van der Waals surface area contributed by atoms with Crippen LogP contribution in [0.15, 0.2) is 66.1 Å². The lowest BCUT2D eigenvalue weighted by molar-refractivity contribution is -0.140. The Bertz CT molecular complexity index is 1520. The van der Waals surface area contributed by atoms with E-state index in [9.17, 15) is 18.3 Å². The van der Waals surface area contributed by atoms with Crippen LogP contribution in [0, 0.1) is 5.41 Å². The maximum Gasteiger partial charge on any atom is 0.328 e. The van der Waals surface area contributed by atoms with Crippen molar-refractivity contribution >= 4 is 55.8 Å². The van der Waals surface area contributed by atoms with Gasteiger partial charge in [-0.25, -0.2) is 18.2 Å². The van der Waals surface area contributed by atoms with Crippen LogP contribution in [0.5, 0.6) is 0 Å². The number of aromatic nitrogens is 3. The highest BCUT2D eigenvalue weighted by Gasteiger charge is 2.43. The number of benzene rings is 2. The minimum Gasteiger partial charge on any atom is -0.480 e. The number of fused-ring (bicyclic) bond motifs is 1. The van der Waals surface area contributed by atoms with Crippen LogP contribution >= 0.6 is 23.2 Å². The van der Waals surface area contributed by atoms with E-state index in [4.69, 9.17) is 23.2 Å². The zero-order valence-corrected chi connectivity index (χ0v) is 21.8. The summed E-state index contributed by atoms with van der Waals surface area (Å²) in [6, 6.07) is 9.32. The molecule has 2 aromatic heterocycles. The summed E-state index contributed by atoms with van der Waals surface area (Å²) >= 11 is 12.2. The summed E-state index contributed by atoms with van der Waals surface area (Å²) in [6.45, 7) is 5.03. The fourth-order valence-corrected chi connectivity index (χ4v) is 6.54. The number of carboxylic acids is 1. The topological polar surface area (TPSA) is 97.4 Å². The number of rotatable bonds is 6.